The standard InChI is InChI=1S/C13H14FN3O2S2/c1-19-7-6-15-12-16-17-13(21-12)20-8-11(18)9-2-4-10(14)5-3-9/h2-5H,6-8H2,1H3,(H,15,16). The smallest absolute Gasteiger partial charge is 0.206 e. The van der Waals surface area contributed by atoms with E-state index in [1.165, 1.54) is 47.4 Å². The maximum atomic E-state index is 12.8. The van der Waals surface area contributed by atoms with Crippen molar-refractivity contribution in [2.75, 3.05) is 31.3 Å². The summed E-state index contributed by atoms with van der Waals surface area (Å²) in [6.07, 6.45) is 0. The lowest BCUT2D eigenvalue weighted by atomic mass is 10.1. The Morgan fingerprint density at radius 3 is 2.86 bits per heavy atom. The van der Waals surface area contributed by atoms with Crippen LogP contribution in [-0.4, -0.2) is 42.0 Å². The molecule has 0 aliphatic heterocycles. The van der Waals surface area contributed by atoms with Gasteiger partial charge in [-0.05, 0) is 24.3 Å². The summed E-state index contributed by atoms with van der Waals surface area (Å²) < 4.78 is 18.4. The third-order valence-electron chi connectivity index (χ3n) is 2.48. The fourth-order valence-corrected chi connectivity index (χ4v) is 3.12. The Labute approximate surface area is 129 Å². The van der Waals surface area contributed by atoms with Crippen LogP contribution >= 0.6 is 23.1 Å². The number of nitrogens with one attached hydrogen (secondary N) is 1. The average Bonchev–Trinajstić information content (AvgIpc) is 2.94. The lowest BCUT2D eigenvalue weighted by molar-refractivity contribution is 0.102. The molecule has 0 aliphatic rings. The van der Waals surface area contributed by atoms with Gasteiger partial charge in [0.2, 0.25) is 5.13 Å². The highest BCUT2D eigenvalue weighted by Gasteiger charge is 2.10. The van der Waals surface area contributed by atoms with Crippen molar-refractivity contribution >= 4 is 34.0 Å². The summed E-state index contributed by atoms with van der Waals surface area (Å²) in [5, 5.41) is 11.7. The second kappa shape index (κ2) is 8.06. The van der Waals surface area contributed by atoms with Crippen molar-refractivity contribution in [1.29, 1.82) is 0 Å². The molecule has 0 spiro atoms. The highest BCUT2D eigenvalue weighted by Crippen LogP contribution is 2.25. The van der Waals surface area contributed by atoms with Crippen LogP contribution < -0.4 is 5.32 Å². The number of hydrogen-bond donors (Lipinski definition) is 1. The van der Waals surface area contributed by atoms with E-state index in [9.17, 15) is 9.18 Å². The van der Waals surface area contributed by atoms with Gasteiger partial charge in [0.05, 0.1) is 12.4 Å². The predicted octanol–water partition coefficient (Wildman–Crippen LogP) is 2.71. The number of Topliss-reactive ketones (excluding diaryl/α,β-unsaturated/α-hetero) is 1. The molecule has 1 N–H and O–H groups in total. The Hall–Kier alpha value is -1.51. The van der Waals surface area contributed by atoms with Crippen molar-refractivity contribution in [2.24, 2.45) is 0 Å². The van der Waals surface area contributed by atoms with Crippen LogP contribution in [0.3, 0.4) is 0 Å². The predicted molar refractivity (Wildman–Crippen MR) is 81.7 cm³/mol. The summed E-state index contributed by atoms with van der Waals surface area (Å²) in [5.41, 5.74) is 0.492. The normalized spacial score (nSPS) is 10.6. The van der Waals surface area contributed by atoms with Crippen LogP contribution in [-0.2, 0) is 4.74 Å². The number of halogens is 1. The summed E-state index contributed by atoms with van der Waals surface area (Å²) in [5.74, 6) is -0.169. The van der Waals surface area contributed by atoms with Crippen LogP contribution in [0.4, 0.5) is 9.52 Å². The maximum absolute atomic E-state index is 12.8. The van der Waals surface area contributed by atoms with Gasteiger partial charge in [-0.15, -0.1) is 10.2 Å². The molecule has 0 fully saturated rings. The van der Waals surface area contributed by atoms with E-state index in [4.69, 9.17) is 4.74 Å². The van der Waals surface area contributed by atoms with Crippen LogP contribution in [0.15, 0.2) is 28.6 Å². The molecule has 0 radical (unpaired) electrons. The van der Waals surface area contributed by atoms with Crippen LogP contribution in [0.25, 0.3) is 0 Å². The number of thioether (sulfide) groups is 1. The molecule has 1 aromatic carbocycles. The molecule has 8 heteroatoms. The van der Waals surface area contributed by atoms with Crippen molar-refractivity contribution in [3.05, 3.63) is 35.6 Å². The fourth-order valence-electron chi connectivity index (χ4n) is 1.45. The third-order valence-corrected chi connectivity index (χ3v) is 4.50. The van der Waals surface area contributed by atoms with E-state index in [1.807, 2.05) is 0 Å². The van der Waals surface area contributed by atoms with E-state index in [2.05, 4.69) is 15.5 Å². The zero-order valence-electron chi connectivity index (χ0n) is 11.3. The number of hydrogen-bond acceptors (Lipinski definition) is 7. The number of nitrogens with zero attached hydrogens (tertiary/aromatic N) is 2. The average molecular weight is 327 g/mol. The zero-order valence-corrected chi connectivity index (χ0v) is 13.0. The number of ether oxygens (including phenoxy) is 1. The summed E-state index contributed by atoms with van der Waals surface area (Å²) in [6.45, 7) is 1.25. The lowest BCUT2D eigenvalue weighted by Gasteiger charge is -1.99. The van der Waals surface area contributed by atoms with Crippen LogP contribution in [0.5, 0.6) is 0 Å². The largest absolute Gasteiger partial charge is 0.383 e. The van der Waals surface area contributed by atoms with Gasteiger partial charge in [-0.3, -0.25) is 4.79 Å². The Balaban J connectivity index is 1.82. The molecule has 0 saturated carbocycles. The number of aromatic nitrogens is 2. The molecule has 2 rings (SSSR count). The van der Waals surface area contributed by atoms with Gasteiger partial charge in [0.25, 0.3) is 0 Å². The Morgan fingerprint density at radius 1 is 1.38 bits per heavy atom. The van der Waals surface area contributed by atoms with Gasteiger partial charge < -0.3 is 10.1 Å². The molecule has 21 heavy (non-hydrogen) atoms. The molecule has 1 aromatic heterocycles. The second-order valence-corrected chi connectivity index (χ2v) is 6.21. The van der Waals surface area contributed by atoms with Crippen molar-refractivity contribution in [3.63, 3.8) is 0 Å². The van der Waals surface area contributed by atoms with E-state index in [0.29, 0.717) is 28.2 Å². The molecular formula is C13H14FN3O2S2. The van der Waals surface area contributed by atoms with E-state index in [-0.39, 0.29) is 17.4 Å². The van der Waals surface area contributed by atoms with Crippen LogP contribution in [0.1, 0.15) is 10.4 Å². The first kappa shape index (κ1) is 15.9. The SMILES string of the molecule is COCCNc1nnc(SCC(=O)c2ccc(F)cc2)s1. The van der Waals surface area contributed by atoms with Gasteiger partial charge in [0.1, 0.15) is 5.82 Å². The van der Waals surface area contributed by atoms with Gasteiger partial charge in [-0.2, -0.15) is 0 Å². The first-order valence-corrected chi connectivity index (χ1v) is 7.97. The Bertz CT molecular complexity index is 589. The molecule has 112 valence electrons. The fraction of sp³-hybridized carbons (Fsp3) is 0.308. The molecule has 0 saturated heterocycles. The summed E-state index contributed by atoms with van der Waals surface area (Å²) in [6, 6.07) is 5.52. The van der Waals surface area contributed by atoms with Gasteiger partial charge >= 0.3 is 0 Å². The minimum Gasteiger partial charge on any atom is -0.383 e. The Morgan fingerprint density at radius 2 is 2.14 bits per heavy atom. The molecule has 0 bridgehead atoms. The van der Waals surface area contributed by atoms with E-state index in [1.54, 1.807) is 7.11 Å². The number of carbonyl (C=O) groups is 1. The molecule has 1 heterocycles. The second-order valence-electron chi connectivity index (χ2n) is 4.01. The minimum atomic E-state index is -0.352. The molecule has 0 unspecified atom stereocenters. The molecule has 0 aliphatic carbocycles. The number of carbonyl (C=O) groups excluding carboxylic acids is 1. The Kier molecular flexibility index (Phi) is 6.09. The van der Waals surface area contributed by atoms with Crippen molar-refractivity contribution in [1.82, 2.24) is 10.2 Å². The third kappa shape index (κ3) is 5.07. The van der Waals surface area contributed by atoms with Crippen molar-refractivity contribution in [3.8, 4) is 0 Å². The minimum absolute atomic E-state index is 0.0657. The highest BCUT2D eigenvalue weighted by atomic mass is 32.2. The zero-order chi connectivity index (χ0) is 15.1. The summed E-state index contributed by atoms with van der Waals surface area (Å²) in [7, 11) is 1.63. The quantitative estimate of drug-likeness (QED) is 0.457. The first-order chi connectivity index (χ1) is 10.2. The van der Waals surface area contributed by atoms with Gasteiger partial charge in [0, 0.05) is 19.2 Å². The van der Waals surface area contributed by atoms with Crippen molar-refractivity contribution < 1.29 is 13.9 Å². The molecule has 5 nitrogen and oxygen atoms in total. The van der Waals surface area contributed by atoms with E-state index < -0.39 is 0 Å². The lowest BCUT2D eigenvalue weighted by Crippen LogP contribution is -2.06. The number of rotatable bonds is 8. The monoisotopic (exact) mass is 327 g/mol. The highest BCUT2D eigenvalue weighted by molar-refractivity contribution is 8.01. The van der Waals surface area contributed by atoms with Gasteiger partial charge in [-0.1, -0.05) is 23.1 Å². The van der Waals surface area contributed by atoms with Crippen LogP contribution in [0, 0.1) is 5.82 Å². The molecule has 2 aromatic rings. The molecule has 0 amide bonds. The van der Waals surface area contributed by atoms with E-state index >= 15 is 0 Å². The number of ketones is 1. The number of methoxy groups -OCH3 is 1. The van der Waals surface area contributed by atoms with Gasteiger partial charge in [0.15, 0.2) is 10.1 Å². The topological polar surface area (TPSA) is 64.1 Å². The summed E-state index contributed by atoms with van der Waals surface area (Å²) in [4.78, 5) is 11.9. The first-order valence-electron chi connectivity index (χ1n) is 6.17. The number of anilines is 1. The van der Waals surface area contributed by atoms with E-state index in [0.717, 1.165) is 0 Å². The van der Waals surface area contributed by atoms with Crippen LogP contribution in [0.2, 0.25) is 0 Å². The maximum Gasteiger partial charge on any atom is 0.206 e. The molecule has 0 atom stereocenters. The number of benzene rings is 1. The summed E-state index contributed by atoms with van der Waals surface area (Å²) >= 11 is 2.70. The van der Waals surface area contributed by atoms with Crippen molar-refractivity contribution in [2.45, 2.75) is 4.34 Å². The molecular weight excluding hydrogens is 313 g/mol. The van der Waals surface area contributed by atoms with Gasteiger partial charge in [-0.25, -0.2) is 4.39 Å².